The molecule has 0 radical (unpaired) electrons. The summed E-state index contributed by atoms with van der Waals surface area (Å²) in [4.78, 5) is 21.8. The second-order valence-electron chi connectivity index (χ2n) is 5.79. The first kappa shape index (κ1) is 19.7. The van der Waals surface area contributed by atoms with Crippen LogP contribution in [0.3, 0.4) is 0 Å². The molecule has 2 saturated carbocycles. The molecule has 1 atom stereocenters. The van der Waals surface area contributed by atoms with Crippen LogP contribution < -0.4 is 0 Å². The largest absolute Gasteiger partial charge is 0.466 e. The van der Waals surface area contributed by atoms with Gasteiger partial charge < -0.3 is 14.2 Å². The van der Waals surface area contributed by atoms with Crippen LogP contribution in [0.1, 0.15) is 52.9 Å². The normalized spacial score (nSPS) is 18.0. The SMILES string of the molecule is CCOC(=O)C=CC1CC1.CCOC(=O)CC(OCC)C1CC1. The van der Waals surface area contributed by atoms with E-state index in [-0.39, 0.29) is 18.0 Å². The molecule has 2 rings (SSSR count). The van der Waals surface area contributed by atoms with E-state index in [0.717, 1.165) is 0 Å². The highest BCUT2D eigenvalue weighted by Crippen LogP contribution is 2.35. The van der Waals surface area contributed by atoms with Crippen LogP contribution in [0.15, 0.2) is 12.2 Å². The van der Waals surface area contributed by atoms with Crippen LogP contribution in [0.2, 0.25) is 0 Å². The lowest BCUT2D eigenvalue weighted by atomic mass is 10.1. The van der Waals surface area contributed by atoms with E-state index in [1.165, 1.54) is 31.8 Å². The lowest BCUT2D eigenvalue weighted by Gasteiger charge is -2.14. The molecule has 0 aromatic carbocycles. The van der Waals surface area contributed by atoms with E-state index in [2.05, 4.69) is 0 Å². The molecule has 1 unspecified atom stereocenters. The molecule has 0 saturated heterocycles. The van der Waals surface area contributed by atoms with E-state index >= 15 is 0 Å². The Hall–Kier alpha value is -1.36. The summed E-state index contributed by atoms with van der Waals surface area (Å²) in [7, 11) is 0. The number of esters is 2. The average Bonchev–Trinajstić information content (AvgIpc) is 3.40. The summed E-state index contributed by atoms with van der Waals surface area (Å²) in [5, 5.41) is 0. The molecule has 0 aliphatic heterocycles. The molecule has 2 aliphatic rings. The van der Waals surface area contributed by atoms with Crippen LogP contribution >= 0.6 is 0 Å². The van der Waals surface area contributed by atoms with Gasteiger partial charge in [-0.2, -0.15) is 0 Å². The van der Waals surface area contributed by atoms with E-state index in [9.17, 15) is 9.59 Å². The average molecular weight is 326 g/mol. The van der Waals surface area contributed by atoms with Crippen LogP contribution in [-0.4, -0.2) is 37.9 Å². The highest BCUT2D eigenvalue weighted by molar-refractivity contribution is 5.81. The minimum absolute atomic E-state index is 0.101. The Labute approximate surface area is 139 Å². The zero-order valence-electron chi connectivity index (χ0n) is 14.6. The molecule has 23 heavy (non-hydrogen) atoms. The van der Waals surface area contributed by atoms with Gasteiger partial charge in [-0.1, -0.05) is 6.08 Å². The molecule has 0 aromatic rings. The Bertz CT molecular complexity index is 383. The van der Waals surface area contributed by atoms with Crippen molar-refractivity contribution in [2.45, 2.75) is 59.0 Å². The molecule has 5 heteroatoms. The number of hydrogen-bond donors (Lipinski definition) is 0. The first-order chi connectivity index (χ1) is 11.1. The first-order valence-electron chi connectivity index (χ1n) is 8.72. The van der Waals surface area contributed by atoms with Crippen molar-refractivity contribution >= 4 is 11.9 Å². The van der Waals surface area contributed by atoms with E-state index in [4.69, 9.17) is 14.2 Å². The van der Waals surface area contributed by atoms with Gasteiger partial charge in [-0.25, -0.2) is 4.79 Å². The minimum Gasteiger partial charge on any atom is -0.466 e. The fourth-order valence-electron chi connectivity index (χ4n) is 2.12. The van der Waals surface area contributed by atoms with Gasteiger partial charge in [-0.3, -0.25) is 4.79 Å². The second-order valence-corrected chi connectivity index (χ2v) is 5.79. The van der Waals surface area contributed by atoms with Gasteiger partial charge in [0.1, 0.15) is 0 Å². The van der Waals surface area contributed by atoms with Crippen LogP contribution in [0, 0.1) is 11.8 Å². The van der Waals surface area contributed by atoms with Crippen molar-refractivity contribution in [3.05, 3.63) is 12.2 Å². The third kappa shape index (κ3) is 10.1. The Balaban J connectivity index is 0.000000238. The molecule has 0 aromatic heterocycles. The standard InChI is InChI=1S/C10H18O3.C8H12O2/c1-3-12-9(8-5-6-8)7-10(11)13-4-2;1-2-10-8(9)6-5-7-3-4-7/h8-9H,3-7H2,1-2H3;5-7H,2-4H2,1H3. The van der Waals surface area contributed by atoms with Crippen LogP contribution in [0.4, 0.5) is 0 Å². The van der Waals surface area contributed by atoms with Crippen molar-refractivity contribution in [3.63, 3.8) is 0 Å². The number of hydrogen-bond acceptors (Lipinski definition) is 5. The van der Waals surface area contributed by atoms with Crippen molar-refractivity contribution in [2.75, 3.05) is 19.8 Å². The number of carbonyl (C=O) groups is 2. The zero-order valence-corrected chi connectivity index (χ0v) is 14.6. The molecule has 2 aliphatic carbocycles. The third-order valence-corrected chi connectivity index (χ3v) is 3.61. The predicted octanol–water partition coefficient (Wildman–Crippen LogP) is 3.27. The highest BCUT2D eigenvalue weighted by Gasteiger charge is 2.33. The Morgan fingerprint density at radius 2 is 1.65 bits per heavy atom. The van der Waals surface area contributed by atoms with Gasteiger partial charge in [0.15, 0.2) is 0 Å². The molecule has 5 nitrogen and oxygen atoms in total. The smallest absolute Gasteiger partial charge is 0.330 e. The lowest BCUT2D eigenvalue weighted by molar-refractivity contribution is -0.146. The number of carbonyl (C=O) groups excluding carboxylic acids is 2. The summed E-state index contributed by atoms with van der Waals surface area (Å²) in [6.07, 6.45) is 8.84. The molecule has 2 fully saturated rings. The Morgan fingerprint density at radius 1 is 1.00 bits per heavy atom. The van der Waals surface area contributed by atoms with E-state index < -0.39 is 0 Å². The maximum atomic E-state index is 11.2. The topological polar surface area (TPSA) is 61.8 Å². The van der Waals surface area contributed by atoms with Crippen molar-refractivity contribution in [2.24, 2.45) is 11.8 Å². The number of rotatable bonds is 9. The molecule has 0 bridgehead atoms. The van der Waals surface area contributed by atoms with Gasteiger partial charge in [-0.15, -0.1) is 0 Å². The van der Waals surface area contributed by atoms with Gasteiger partial charge in [-0.05, 0) is 58.3 Å². The molecule has 0 amide bonds. The molecule has 0 N–H and O–H groups in total. The quantitative estimate of drug-likeness (QED) is 0.481. The number of allylic oxidation sites excluding steroid dienone is 1. The zero-order chi connectivity index (χ0) is 17.1. The summed E-state index contributed by atoms with van der Waals surface area (Å²) >= 11 is 0. The van der Waals surface area contributed by atoms with Gasteiger partial charge >= 0.3 is 11.9 Å². The fraction of sp³-hybridized carbons (Fsp3) is 0.778. The van der Waals surface area contributed by atoms with Crippen molar-refractivity contribution in [3.8, 4) is 0 Å². The molecule has 0 heterocycles. The summed E-state index contributed by atoms with van der Waals surface area (Å²) in [6.45, 7) is 7.20. The molecule has 0 spiro atoms. The van der Waals surface area contributed by atoms with E-state index in [1.54, 1.807) is 0 Å². The summed E-state index contributed by atoms with van der Waals surface area (Å²) < 4.78 is 15.1. The first-order valence-corrected chi connectivity index (χ1v) is 8.72. The monoisotopic (exact) mass is 326 g/mol. The van der Waals surface area contributed by atoms with Gasteiger partial charge in [0.2, 0.25) is 0 Å². The minimum atomic E-state index is -0.214. The highest BCUT2D eigenvalue weighted by atomic mass is 16.5. The fourth-order valence-corrected chi connectivity index (χ4v) is 2.12. The number of ether oxygens (including phenoxy) is 3. The van der Waals surface area contributed by atoms with E-state index in [0.29, 0.717) is 38.1 Å². The Kier molecular flexibility index (Phi) is 9.60. The van der Waals surface area contributed by atoms with Crippen LogP contribution in [-0.2, 0) is 23.8 Å². The summed E-state index contributed by atoms with van der Waals surface area (Å²) in [5.41, 5.74) is 0. The molecule has 132 valence electrons. The predicted molar refractivity (Wildman–Crippen MR) is 87.9 cm³/mol. The van der Waals surface area contributed by atoms with Gasteiger partial charge in [0, 0.05) is 12.7 Å². The maximum Gasteiger partial charge on any atom is 0.330 e. The third-order valence-electron chi connectivity index (χ3n) is 3.61. The lowest BCUT2D eigenvalue weighted by Crippen LogP contribution is -2.21. The maximum absolute atomic E-state index is 11.2. The van der Waals surface area contributed by atoms with Crippen molar-refractivity contribution in [1.29, 1.82) is 0 Å². The molecular weight excluding hydrogens is 296 g/mol. The van der Waals surface area contributed by atoms with Gasteiger partial charge in [0.25, 0.3) is 0 Å². The van der Waals surface area contributed by atoms with Crippen LogP contribution in [0.5, 0.6) is 0 Å². The Morgan fingerprint density at radius 3 is 2.13 bits per heavy atom. The summed E-state index contributed by atoms with van der Waals surface area (Å²) in [5.74, 6) is 0.913. The summed E-state index contributed by atoms with van der Waals surface area (Å²) in [6, 6.07) is 0. The van der Waals surface area contributed by atoms with Crippen molar-refractivity contribution in [1.82, 2.24) is 0 Å². The molecular formula is C18H30O5. The second kappa shape index (κ2) is 11.2. The van der Waals surface area contributed by atoms with Gasteiger partial charge in [0.05, 0.1) is 25.7 Å². The van der Waals surface area contributed by atoms with E-state index in [1.807, 2.05) is 26.8 Å². The van der Waals surface area contributed by atoms with Crippen molar-refractivity contribution < 1.29 is 23.8 Å². The van der Waals surface area contributed by atoms with Crippen LogP contribution in [0.25, 0.3) is 0 Å².